The van der Waals surface area contributed by atoms with Crippen molar-refractivity contribution in [2.45, 2.75) is 36.8 Å². The molecule has 4 atom stereocenters. The summed E-state index contributed by atoms with van der Waals surface area (Å²) in [7, 11) is 1.29. The number of aliphatic hydroxyl groups excluding tert-OH is 2. The maximum atomic E-state index is 14.3. The molecule has 0 saturated carbocycles. The number of hydroxylamine groups is 2. The zero-order chi connectivity index (χ0) is 27.8. The summed E-state index contributed by atoms with van der Waals surface area (Å²) in [6.45, 7) is -1.55. The normalized spacial score (nSPS) is 25.2. The third-order valence-electron chi connectivity index (χ3n) is 6.44. The third kappa shape index (κ3) is 4.37. The first kappa shape index (κ1) is 27.4. The maximum absolute atomic E-state index is 14.3. The van der Waals surface area contributed by atoms with Crippen LogP contribution in [0, 0.1) is 5.82 Å². The van der Waals surface area contributed by atoms with E-state index in [2.05, 4.69) is 4.98 Å². The van der Waals surface area contributed by atoms with Gasteiger partial charge in [0.15, 0.2) is 11.5 Å². The molecule has 1 fully saturated rings. The van der Waals surface area contributed by atoms with Gasteiger partial charge in [0.05, 0.1) is 20.3 Å². The zero-order valence-electron chi connectivity index (χ0n) is 20.1. The molecule has 0 radical (unpaired) electrons. The summed E-state index contributed by atoms with van der Waals surface area (Å²) in [6, 6.07) is 9.64. The molecule has 0 amide bonds. The number of aromatic nitrogens is 2. The Balaban J connectivity index is 1.81. The van der Waals surface area contributed by atoms with E-state index in [4.69, 9.17) is 15.2 Å². The summed E-state index contributed by atoms with van der Waals surface area (Å²) >= 11 is 0. The first-order chi connectivity index (χ1) is 18.0. The van der Waals surface area contributed by atoms with Gasteiger partial charge in [0.2, 0.25) is 5.72 Å². The van der Waals surface area contributed by atoms with Crippen molar-refractivity contribution in [1.82, 2.24) is 14.6 Å². The van der Waals surface area contributed by atoms with Crippen molar-refractivity contribution in [2.24, 2.45) is 0 Å². The lowest BCUT2D eigenvalue weighted by Gasteiger charge is -2.42. The predicted molar refractivity (Wildman–Crippen MR) is 127 cm³/mol. The van der Waals surface area contributed by atoms with Crippen molar-refractivity contribution in [2.75, 3.05) is 19.5 Å². The highest BCUT2D eigenvalue weighted by molar-refractivity contribution is 5.43. The van der Waals surface area contributed by atoms with E-state index in [1.807, 2.05) is 0 Å². The summed E-state index contributed by atoms with van der Waals surface area (Å²) < 4.78 is 24.9. The molecule has 0 aliphatic carbocycles. The van der Waals surface area contributed by atoms with Gasteiger partial charge in [0, 0.05) is 18.2 Å². The second-order valence-corrected chi connectivity index (χ2v) is 8.74. The molecule has 0 bridgehead atoms. The number of halogens is 1. The number of hydrogen-bond donors (Lipinski definition) is 7. The number of nitrogen functional groups attached to an aromatic ring is 1. The van der Waals surface area contributed by atoms with Crippen molar-refractivity contribution in [1.29, 1.82) is 0 Å². The van der Waals surface area contributed by atoms with E-state index in [1.165, 1.54) is 43.5 Å². The minimum absolute atomic E-state index is 0.0279. The Labute approximate surface area is 214 Å². The molecule has 1 aromatic heterocycles. The molecule has 14 heteroatoms. The van der Waals surface area contributed by atoms with E-state index in [1.54, 1.807) is 6.07 Å². The number of nitrogens with two attached hydrogens (primary N) is 1. The van der Waals surface area contributed by atoms with Crippen LogP contribution in [0.4, 0.5) is 10.2 Å². The van der Waals surface area contributed by atoms with Gasteiger partial charge in [-0.15, -0.1) is 5.06 Å². The number of anilines is 1. The molecular formula is C24H27FN4O9. The van der Waals surface area contributed by atoms with Crippen molar-refractivity contribution < 1.29 is 44.6 Å². The summed E-state index contributed by atoms with van der Waals surface area (Å²) in [6.07, 6.45) is -3.02. The predicted octanol–water partition coefficient (Wildman–Crippen LogP) is -0.796. The fraction of sp³-hybridized carbons (Fsp3) is 0.333. The number of methoxy groups -OCH3 is 1. The Hall–Kier alpha value is -3.63. The molecule has 13 nitrogen and oxygen atoms in total. The van der Waals surface area contributed by atoms with Gasteiger partial charge in [-0.2, -0.15) is 0 Å². The van der Waals surface area contributed by atoms with Crippen LogP contribution in [0.2, 0.25) is 0 Å². The lowest BCUT2D eigenvalue weighted by atomic mass is 9.99. The monoisotopic (exact) mass is 534 g/mol. The van der Waals surface area contributed by atoms with Crippen LogP contribution < -0.4 is 16.2 Å². The van der Waals surface area contributed by atoms with Gasteiger partial charge in [-0.05, 0) is 29.3 Å². The Kier molecular flexibility index (Phi) is 7.40. The fourth-order valence-corrected chi connectivity index (χ4v) is 4.38. The van der Waals surface area contributed by atoms with Crippen LogP contribution in [0.25, 0.3) is 0 Å². The number of phenolic OH excluding ortho intramolecular Hbond substituents is 1. The van der Waals surface area contributed by atoms with Crippen LogP contribution >= 0.6 is 0 Å². The van der Waals surface area contributed by atoms with Crippen LogP contribution in [-0.4, -0.2) is 77.0 Å². The smallest absolute Gasteiger partial charge is 0.353 e. The van der Waals surface area contributed by atoms with Gasteiger partial charge in [-0.1, -0.05) is 24.3 Å². The Bertz CT molecular complexity index is 1390. The number of aromatic hydroxyl groups is 1. The molecule has 8 N–H and O–H groups in total. The second kappa shape index (κ2) is 10.3. The fourth-order valence-electron chi connectivity index (χ4n) is 4.38. The molecule has 3 aromatic rings. The molecule has 204 valence electrons. The quantitative estimate of drug-likeness (QED) is 0.140. The first-order valence-corrected chi connectivity index (χ1v) is 11.3. The number of benzene rings is 2. The summed E-state index contributed by atoms with van der Waals surface area (Å²) in [5.74, 6) is -4.56. The molecular weight excluding hydrogens is 507 g/mol. The molecule has 1 aliphatic heterocycles. The van der Waals surface area contributed by atoms with E-state index >= 15 is 0 Å². The number of hydrogen-bond acceptors (Lipinski definition) is 12. The number of aliphatic hydroxyl groups is 4. The van der Waals surface area contributed by atoms with Crippen molar-refractivity contribution in [3.8, 4) is 11.5 Å². The number of phenols is 1. The average Bonchev–Trinajstić information content (AvgIpc) is 3.09. The minimum Gasteiger partial charge on any atom is -0.504 e. The van der Waals surface area contributed by atoms with Gasteiger partial charge in [-0.25, -0.2) is 18.7 Å². The van der Waals surface area contributed by atoms with Gasteiger partial charge >= 0.3 is 11.6 Å². The van der Waals surface area contributed by atoms with Crippen LogP contribution in [0.1, 0.15) is 16.7 Å². The molecule has 2 aromatic carbocycles. The lowest BCUT2D eigenvalue weighted by molar-refractivity contribution is -0.413. The molecule has 0 spiro atoms. The average molecular weight is 534 g/mol. The molecule has 4 rings (SSSR count). The second-order valence-electron chi connectivity index (χ2n) is 8.74. The highest BCUT2D eigenvalue weighted by atomic mass is 19.1. The van der Waals surface area contributed by atoms with E-state index < -0.39 is 54.3 Å². The first-order valence-electron chi connectivity index (χ1n) is 11.3. The van der Waals surface area contributed by atoms with Gasteiger partial charge in [-0.3, -0.25) is 0 Å². The topological polar surface area (TPSA) is 204 Å². The van der Waals surface area contributed by atoms with Crippen LogP contribution in [-0.2, 0) is 23.6 Å². The summed E-state index contributed by atoms with van der Waals surface area (Å²) in [5, 5.41) is 64.6. The molecule has 0 unspecified atom stereocenters. The highest BCUT2D eigenvalue weighted by Gasteiger charge is 2.70. The maximum Gasteiger partial charge on any atom is 0.353 e. The van der Waals surface area contributed by atoms with Crippen LogP contribution in [0.3, 0.4) is 0 Å². The zero-order valence-corrected chi connectivity index (χ0v) is 20.1. The van der Waals surface area contributed by atoms with Crippen molar-refractivity contribution in [3.05, 3.63) is 81.7 Å². The van der Waals surface area contributed by atoms with Gasteiger partial charge in [0.25, 0.3) is 0 Å². The highest BCUT2D eigenvalue weighted by Crippen LogP contribution is 2.45. The van der Waals surface area contributed by atoms with Crippen LogP contribution in [0.15, 0.2) is 53.5 Å². The summed E-state index contributed by atoms with van der Waals surface area (Å²) in [5.41, 5.74) is 2.17. The molecule has 2 heterocycles. The Morgan fingerprint density at radius 1 is 1.24 bits per heavy atom. The van der Waals surface area contributed by atoms with E-state index in [9.17, 15) is 39.9 Å². The SMILES string of the molecule is COc1cc(CN(O)[C@@]2(O)[C@H](O)[C@@H](CO)O[C@@]2(O)n2c(N)c(Cc3ccccc3F)cnc2=O)ccc1O. The third-order valence-corrected chi connectivity index (χ3v) is 6.44. The van der Waals surface area contributed by atoms with Gasteiger partial charge in [0.1, 0.15) is 23.8 Å². The van der Waals surface area contributed by atoms with E-state index in [0.29, 0.717) is 4.57 Å². The minimum atomic E-state index is -3.30. The van der Waals surface area contributed by atoms with Crippen molar-refractivity contribution >= 4 is 5.82 Å². The molecule has 38 heavy (non-hydrogen) atoms. The summed E-state index contributed by atoms with van der Waals surface area (Å²) in [4.78, 5) is 16.5. The van der Waals surface area contributed by atoms with Crippen LogP contribution in [0.5, 0.6) is 11.5 Å². The van der Waals surface area contributed by atoms with Gasteiger partial charge < -0.3 is 45.9 Å². The number of nitrogens with zero attached hydrogens (tertiary/aromatic N) is 3. The van der Waals surface area contributed by atoms with E-state index in [-0.39, 0.29) is 39.7 Å². The standard InChI is InChI=1S/C24H27FN4O9/c1-37-18-8-13(6-7-17(18)31)11-28(36)23(34)20(32)19(12-30)38-24(23,35)29-21(26)15(10-27-22(29)33)9-14-4-2-3-5-16(14)25/h2-8,10,19-20,30-32,34-36H,9,11-12,26H2,1H3/t19-,20-,23-,24-/m1/s1. The number of ether oxygens (including phenoxy) is 2. The molecule has 1 aliphatic rings. The van der Waals surface area contributed by atoms with E-state index in [0.717, 1.165) is 6.20 Å². The lowest BCUT2D eigenvalue weighted by Crippen LogP contribution is -2.68. The number of rotatable bonds is 8. The Morgan fingerprint density at radius 2 is 1.95 bits per heavy atom. The molecule has 1 saturated heterocycles. The Morgan fingerprint density at radius 3 is 2.61 bits per heavy atom. The largest absolute Gasteiger partial charge is 0.504 e. The van der Waals surface area contributed by atoms with Crippen molar-refractivity contribution in [3.63, 3.8) is 0 Å².